The van der Waals surface area contributed by atoms with E-state index in [-0.39, 0.29) is 5.54 Å². The zero-order chi connectivity index (χ0) is 12.9. The quantitative estimate of drug-likeness (QED) is 0.711. The smallest absolute Gasteiger partial charge is 0.0159 e. The normalized spacial score (nSPS) is 35.8. The lowest BCUT2D eigenvalue weighted by molar-refractivity contribution is 0.145. The molecule has 1 aliphatic carbocycles. The highest BCUT2D eigenvalue weighted by Gasteiger charge is 2.35. The average Bonchev–Trinajstić information content (AvgIpc) is 2.30. The molecule has 0 amide bonds. The van der Waals surface area contributed by atoms with Crippen LogP contribution in [-0.4, -0.2) is 5.54 Å². The second kappa shape index (κ2) is 6.78. The SMILES string of the molecule is CCCCC(CC)CC1(N)CCC(C)C(C)C1. The Morgan fingerprint density at radius 1 is 1.24 bits per heavy atom. The van der Waals surface area contributed by atoms with Crippen molar-refractivity contribution in [3.05, 3.63) is 0 Å². The van der Waals surface area contributed by atoms with Gasteiger partial charge in [-0.05, 0) is 43.4 Å². The van der Waals surface area contributed by atoms with Gasteiger partial charge in [0.15, 0.2) is 0 Å². The number of nitrogens with two attached hydrogens (primary N) is 1. The van der Waals surface area contributed by atoms with Crippen LogP contribution in [0.2, 0.25) is 0 Å². The van der Waals surface area contributed by atoms with Gasteiger partial charge in [-0.2, -0.15) is 0 Å². The maximum absolute atomic E-state index is 6.66. The van der Waals surface area contributed by atoms with E-state index >= 15 is 0 Å². The molecule has 1 rings (SSSR count). The first-order chi connectivity index (χ1) is 8.00. The summed E-state index contributed by atoms with van der Waals surface area (Å²) in [7, 11) is 0. The molecule has 0 saturated heterocycles. The molecule has 1 aliphatic rings. The molecule has 0 heterocycles. The predicted octanol–water partition coefficient (Wildman–Crippen LogP) is 4.75. The molecule has 0 radical (unpaired) electrons. The van der Waals surface area contributed by atoms with Crippen LogP contribution in [0.3, 0.4) is 0 Å². The van der Waals surface area contributed by atoms with Crippen molar-refractivity contribution in [1.82, 2.24) is 0 Å². The summed E-state index contributed by atoms with van der Waals surface area (Å²) in [4.78, 5) is 0. The lowest BCUT2D eigenvalue weighted by Gasteiger charge is -2.42. The van der Waals surface area contributed by atoms with E-state index in [0.29, 0.717) is 0 Å². The number of rotatable bonds is 6. The van der Waals surface area contributed by atoms with E-state index < -0.39 is 0 Å². The lowest BCUT2D eigenvalue weighted by Crippen LogP contribution is -2.47. The number of hydrogen-bond acceptors (Lipinski definition) is 1. The minimum Gasteiger partial charge on any atom is -0.325 e. The number of unbranched alkanes of at least 4 members (excludes halogenated alkanes) is 1. The first-order valence-electron chi connectivity index (χ1n) is 7.79. The van der Waals surface area contributed by atoms with Crippen LogP contribution in [0, 0.1) is 17.8 Å². The minimum atomic E-state index is 0.153. The summed E-state index contributed by atoms with van der Waals surface area (Å²) in [5, 5.41) is 0. The van der Waals surface area contributed by atoms with Crippen molar-refractivity contribution in [2.45, 2.75) is 84.6 Å². The Kier molecular flexibility index (Phi) is 5.99. The van der Waals surface area contributed by atoms with Gasteiger partial charge in [-0.15, -0.1) is 0 Å². The first-order valence-corrected chi connectivity index (χ1v) is 7.79. The van der Waals surface area contributed by atoms with Gasteiger partial charge in [0.05, 0.1) is 0 Å². The molecule has 0 aromatic carbocycles. The second-order valence-corrected chi connectivity index (χ2v) is 6.68. The van der Waals surface area contributed by atoms with Crippen LogP contribution in [0.25, 0.3) is 0 Å². The molecule has 4 unspecified atom stereocenters. The van der Waals surface area contributed by atoms with Crippen LogP contribution in [0.1, 0.15) is 79.1 Å². The summed E-state index contributed by atoms with van der Waals surface area (Å²) in [6.45, 7) is 9.39. The van der Waals surface area contributed by atoms with Crippen LogP contribution in [0.5, 0.6) is 0 Å². The Hall–Kier alpha value is -0.0400. The third kappa shape index (κ3) is 4.62. The van der Waals surface area contributed by atoms with Gasteiger partial charge in [0.25, 0.3) is 0 Å². The lowest BCUT2D eigenvalue weighted by atomic mass is 9.68. The van der Waals surface area contributed by atoms with Crippen molar-refractivity contribution in [3.8, 4) is 0 Å². The summed E-state index contributed by atoms with van der Waals surface area (Å²) in [5.41, 5.74) is 6.81. The Bertz CT molecular complexity index is 214. The highest BCUT2D eigenvalue weighted by atomic mass is 14.8. The minimum absolute atomic E-state index is 0.153. The molecule has 0 bridgehead atoms. The molecule has 1 fully saturated rings. The van der Waals surface area contributed by atoms with Gasteiger partial charge in [-0.1, -0.05) is 53.4 Å². The van der Waals surface area contributed by atoms with E-state index in [2.05, 4.69) is 27.7 Å². The number of hydrogen-bond donors (Lipinski definition) is 1. The fraction of sp³-hybridized carbons (Fsp3) is 1.00. The van der Waals surface area contributed by atoms with E-state index in [1.54, 1.807) is 0 Å². The average molecular weight is 239 g/mol. The molecular formula is C16H33N. The first kappa shape index (κ1) is 15.0. The molecule has 2 N–H and O–H groups in total. The van der Waals surface area contributed by atoms with E-state index in [1.165, 1.54) is 51.4 Å². The van der Waals surface area contributed by atoms with Crippen molar-refractivity contribution in [2.75, 3.05) is 0 Å². The van der Waals surface area contributed by atoms with Gasteiger partial charge in [-0.25, -0.2) is 0 Å². The molecule has 102 valence electrons. The van der Waals surface area contributed by atoms with Gasteiger partial charge in [0.1, 0.15) is 0 Å². The Balaban J connectivity index is 2.47. The van der Waals surface area contributed by atoms with E-state index in [4.69, 9.17) is 5.73 Å². The fourth-order valence-corrected chi connectivity index (χ4v) is 3.45. The third-order valence-electron chi connectivity index (χ3n) is 5.04. The zero-order valence-corrected chi connectivity index (χ0v) is 12.5. The molecule has 0 aromatic rings. The van der Waals surface area contributed by atoms with Crippen LogP contribution < -0.4 is 5.73 Å². The van der Waals surface area contributed by atoms with Crippen molar-refractivity contribution in [1.29, 1.82) is 0 Å². The second-order valence-electron chi connectivity index (χ2n) is 6.68. The third-order valence-corrected chi connectivity index (χ3v) is 5.04. The van der Waals surface area contributed by atoms with Crippen LogP contribution in [0.4, 0.5) is 0 Å². The molecule has 1 saturated carbocycles. The summed E-state index contributed by atoms with van der Waals surface area (Å²) >= 11 is 0. The van der Waals surface area contributed by atoms with Gasteiger partial charge in [0.2, 0.25) is 0 Å². The fourth-order valence-electron chi connectivity index (χ4n) is 3.45. The highest BCUT2D eigenvalue weighted by molar-refractivity contribution is 4.93. The molecule has 0 aliphatic heterocycles. The Labute approximate surface area is 109 Å². The molecule has 0 aromatic heterocycles. The van der Waals surface area contributed by atoms with E-state index in [0.717, 1.165) is 17.8 Å². The largest absolute Gasteiger partial charge is 0.325 e. The molecule has 1 nitrogen and oxygen atoms in total. The maximum atomic E-state index is 6.66. The van der Waals surface area contributed by atoms with Crippen LogP contribution in [-0.2, 0) is 0 Å². The van der Waals surface area contributed by atoms with E-state index in [1.807, 2.05) is 0 Å². The monoisotopic (exact) mass is 239 g/mol. The van der Waals surface area contributed by atoms with Gasteiger partial charge in [0, 0.05) is 5.54 Å². The highest BCUT2D eigenvalue weighted by Crippen LogP contribution is 2.39. The topological polar surface area (TPSA) is 26.0 Å². The molecule has 0 spiro atoms. The Morgan fingerprint density at radius 2 is 1.94 bits per heavy atom. The summed E-state index contributed by atoms with van der Waals surface area (Å²) < 4.78 is 0. The van der Waals surface area contributed by atoms with Gasteiger partial charge >= 0.3 is 0 Å². The van der Waals surface area contributed by atoms with Crippen molar-refractivity contribution in [3.63, 3.8) is 0 Å². The summed E-state index contributed by atoms with van der Waals surface area (Å²) in [6.07, 6.45) is 10.5. The standard InChI is InChI=1S/C16H33N/c1-5-7-8-15(6-2)12-16(17)10-9-13(3)14(4)11-16/h13-15H,5-12,17H2,1-4H3. The van der Waals surface area contributed by atoms with Gasteiger partial charge < -0.3 is 5.73 Å². The van der Waals surface area contributed by atoms with Crippen molar-refractivity contribution >= 4 is 0 Å². The molecule has 17 heavy (non-hydrogen) atoms. The molecule has 4 atom stereocenters. The maximum Gasteiger partial charge on any atom is 0.0159 e. The summed E-state index contributed by atoms with van der Waals surface area (Å²) in [6, 6.07) is 0. The summed E-state index contributed by atoms with van der Waals surface area (Å²) in [5.74, 6) is 2.56. The molecular weight excluding hydrogens is 206 g/mol. The predicted molar refractivity (Wildman–Crippen MR) is 77.0 cm³/mol. The van der Waals surface area contributed by atoms with Crippen LogP contribution >= 0.6 is 0 Å². The van der Waals surface area contributed by atoms with Gasteiger partial charge in [-0.3, -0.25) is 0 Å². The Morgan fingerprint density at radius 3 is 2.47 bits per heavy atom. The van der Waals surface area contributed by atoms with Crippen molar-refractivity contribution in [2.24, 2.45) is 23.5 Å². The zero-order valence-electron chi connectivity index (χ0n) is 12.5. The van der Waals surface area contributed by atoms with Crippen molar-refractivity contribution < 1.29 is 0 Å². The van der Waals surface area contributed by atoms with E-state index in [9.17, 15) is 0 Å². The molecule has 1 heteroatoms. The van der Waals surface area contributed by atoms with Crippen LogP contribution in [0.15, 0.2) is 0 Å².